The Morgan fingerprint density at radius 2 is 2.33 bits per heavy atom. The molecule has 0 radical (unpaired) electrons. The van der Waals surface area contributed by atoms with E-state index in [0.29, 0.717) is 12.8 Å². The van der Waals surface area contributed by atoms with Gasteiger partial charge in [-0.05, 0) is 6.42 Å². The van der Waals surface area contributed by atoms with Gasteiger partial charge in [0, 0.05) is 13.3 Å². The van der Waals surface area contributed by atoms with E-state index in [1.807, 2.05) is 0 Å². The molecule has 84 valence electrons. The summed E-state index contributed by atoms with van der Waals surface area (Å²) in [5.74, 6) is -0.283. The van der Waals surface area contributed by atoms with Crippen LogP contribution < -0.4 is 5.73 Å². The van der Waals surface area contributed by atoms with E-state index in [1.165, 1.54) is 6.92 Å². The molecule has 0 spiro atoms. The summed E-state index contributed by atoms with van der Waals surface area (Å²) in [6, 6.07) is 0. The summed E-state index contributed by atoms with van der Waals surface area (Å²) >= 11 is 0. The quantitative estimate of drug-likeness (QED) is 0.547. The Morgan fingerprint density at radius 3 is 2.80 bits per heavy atom. The minimum Gasteiger partial charge on any atom is -0.466 e. The largest absolute Gasteiger partial charge is 0.515 e. The molecule has 1 rings (SSSR count). The van der Waals surface area contributed by atoms with E-state index in [-0.39, 0.29) is 18.3 Å². The van der Waals surface area contributed by atoms with Gasteiger partial charge in [0.05, 0.1) is 6.61 Å². The van der Waals surface area contributed by atoms with Crippen LogP contribution in [0.25, 0.3) is 0 Å². The summed E-state index contributed by atoms with van der Waals surface area (Å²) in [6.45, 7) is 5.01. The van der Waals surface area contributed by atoms with Crippen LogP contribution in [0, 0.1) is 0 Å². The molecule has 1 aliphatic heterocycles. The van der Waals surface area contributed by atoms with Crippen molar-refractivity contribution in [3.63, 3.8) is 0 Å². The van der Waals surface area contributed by atoms with Gasteiger partial charge < -0.3 is 14.2 Å². The highest BCUT2D eigenvalue weighted by molar-refractivity contribution is 5.66. The molecular formula is C9H13NO5. The van der Waals surface area contributed by atoms with Gasteiger partial charge in [-0.3, -0.25) is 10.5 Å². The molecule has 0 aromatic rings. The zero-order valence-corrected chi connectivity index (χ0v) is 8.45. The van der Waals surface area contributed by atoms with Crippen molar-refractivity contribution in [3.8, 4) is 0 Å². The van der Waals surface area contributed by atoms with Gasteiger partial charge >= 0.3 is 12.1 Å². The molecule has 6 nitrogen and oxygen atoms in total. The molecule has 1 aliphatic rings. The molecule has 1 fully saturated rings. The molecule has 0 saturated carbocycles. The van der Waals surface area contributed by atoms with Crippen LogP contribution in [0.1, 0.15) is 19.8 Å². The van der Waals surface area contributed by atoms with Crippen molar-refractivity contribution < 1.29 is 23.8 Å². The van der Waals surface area contributed by atoms with Crippen molar-refractivity contribution in [1.29, 1.82) is 0 Å². The molecule has 6 heteroatoms. The molecule has 1 heterocycles. The number of cyclic esters (lactones) is 2. The SMILES string of the molecule is C=C1OC(=O)OC1(N)CCCOC(C)=O. The van der Waals surface area contributed by atoms with Crippen LogP contribution in [0.3, 0.4) is 0 Å². The number of hydrogen-bond donors (Lipinski definition) is 1. The van der Waals surface area contributed by atoms with Crippen LogP contribution >= 0.6 is 0 Å². The smallest absolute Gasteiger partial charge is 0.466 e. The predicted molar refractivity (Wildman–Crippen MR) is 49.5 cm³/mol. The summed E-state index contributed by atoms with van der Waals surface area (Å²) in [7, 11) is 0. The lowest BCUT2D eigenvalue weighted by Gasteiger charge is -2.19. The van der Waals surface area contributed by atoms with Gasteiger partial charge in [0.15, 0.2) is 5.76 Å². The Balaban J connectivity index is 2.34. The minimum absolute atomic E-state index is 0.0790. The highest BCUT2D eigenvalue weighted by Gasteiger charge is 2.42. The Morgan fingerprint density at radius 1 is 1.67 bits per heavy atom. The van der Waals surface area contributed by atoms with E-state index < -0.39 is 11.9 Å². The molecule has 0 bridgehead atoms. The average Bonchev–Trinajstić information content (AvgIpc) is 2.35. The number of esters is 1. The van der Waals surface area contributed by atoms with E-state index >= 15 is 0 Å². The third-order valence-electron chi connectivity index (χ3n) is 1.94. The second-order valence-corrected chi connectivity index (χ2v) is 3.21. The predicted octanol–water partition coefficient (Wildman–Crippen LogP) is 0.665. The minimum atomic E-state index is -1.29. The molecule has 0 aliphatic carbocycles. The highest BCUT2D eigenvalue weighted by atomic mass is 16.8. The first-order valence-electron chi connectivity index (χ1n) is 4.46. The number of nitrogens with two attached hydrogens (primary N) is 1. The maximum atomic E-state index is 10.7. The molecule has 0 aromatic carbocycles. The molecule has 2 N–H and O–H groups in total. The van der Waals surface area contributed by atoms with Gasteiger partial charge in [-0.1, -0.05) is 6.58 Å². The Hall–Kier alpha value is -1.56. The number of hydrogen-bond acceptors (Lipinski definition) is 6. The zero-order valence-electron chi connectivity index (χ0n) is 8.45. The number of carbonyl (C=O) groups is 2. The summed E-state index contributed by atoms with van der Waals surface area (Å²) in [5, 5.41) is 0. The van der Waals surface area contributed by atoms with Gasteiger partial charge in [0.1, 0.15) is 0 Å². The molecule has 0 amide bonds. The fourth-order valence-electron chi connectivity index (χ4n) is 1.15. The van der Waals surface area contributed by atoms with E-state index in [4.69, 9.17) is 15.2 Å². The van der Waals surface area contributed by atoms with Crippen LogP contribution in [-0.2, 0) is 19.0 Å². The lowest BCUT2D eigenvalue weighted by atomic mass is 10.1. The zero-order chi connectivity index (χ0) is 11.5. The second-order valence-electron chi connectivity index (χ2n) is 3.21. The maximum absolute atomic E-state index is 10.7. The first-order chi connectivity index (χ1) is 6.94. The Kier molecular flexibility index (Phi) is 3.31. The van der Waals surface area contributed by atoms with E-state index in [9.17, 15) is 9.59 Å². The maximum Gasteiger partial charge on any atom is 0.515 e. The van der Waals surface area contributed by atoms with E-state index in [2.05, 4.69) is 11.3 Å². The molecule has 1 saturated heterocycles. The third-order valence-corrected chi connectivity index (χ3v) is 1.94. The average molecular weight is 215 g/mol. The normalized spacial score (nSPS) is 24.7. The third kappa shape index (κ3) is 2.95. The van der Waals surface area contributed by atoms with Gasteiger partial charge in [0.2, 0.25) is 5.72 Å². The van der Waals surface area contributed by atoms with Crippen LogP contribution in [-0.4, -0.2) is 24.5 Å². The summed E-state index contributed by atoms with van der Waals surface area (Å²) in [4.78, 5) is 21.2. The number of rotatable bonds is 4. The molecule has 1 unspecified atom stereocenters. The summed E-state index contributed by atoms with van der Waals surface area (Å²) < 4.78 is 14.0. The molecule has 0 aromatic heterocycles. The van der Waals surface area contributed by atoms with Crippen LogP contribution in [0.5, 0.6) is 0 Å². The van der Waals surface area contributed by atoms with Gasteiger partial charge in [-0.2, -0.15) is 0 Å². The van der Waals surface area contributed by atoms with Crippen LogP contribution in [0.15, 0.2) is 12.3 Å². The van der Waals surface area contributed by atoms with Crippen molar-refractivity contribution in [2.75, 3.05) is 6.61 Å². The van der Waals surface area contributed by atoms with Crippen molar-refractivity contribution in [1.82, 2.24) is 0 Å². The fourth-order valence-corrected chi connectivity index (χ4v) is 1.15. The first kappa shape index (κ1) is 11.5. The monoisotopic (exact) mass is 215 g/mol. The van der Waals surface area contributed by atoms with Crippen LogP contribution in [0.4, 0.5) is 4.79 Å². The van der Waals surface area contributed by atoms with Crippen molar-refractivity contribution in [2.45, 2.75) is 25.5 Å². The standard InChI is InChI=1S/C9H13NO5/c1-6-9(10,15-8(12)14-6)4-3-5-13-7(2)11/h1,3-5,10H2,2H3. The number of carbonyl (C=O) groups excluding carboxylic acids is 2. The van der Waals surface area contributed by atoms with E-state index in [1.54, 1.807) is 0 Å². The Bertz CT molecular complexity index is 301. The lowest BCUT2D eigenvalue weighted by molar-refractivity contribution is -0.141. The summed E-state index contributed by atoms with van der Waals surface area (Å²) in [5.41, 5.74) is 4.41. The highest BCUT2D eigenvalue weighted by Crippen LogP contribution is 2.28. The molecular weight excluding hydrogens is 202 g/mol. The Labute approximate surface area is 87.0 Å². The van der Waals surface area contributed by atoms with Gasteiger partial charge in [-0.15, -0.1) is 0 Å². The van der Waals surface area contributed by atoms with Crippen LogP contribution in [0.2, 0.25) is 0 Å². The van der Waals surface area contributed by atoms with Gasteiger partial charge in [-0.25, -0.2) is 4.79 Å². The summed E-state index contributed by atoms with van der Waals surface area (Å²) in [6.07, 6.45) is -0.0914. The molecule has 1 atom stereocenters. The second kappa shape index (κ2) is 4.31. The van der Waals surface area contributed by atoms with Crippen molar-refractivity contribution in [3.05, 3.63) is 12.3 Å². The molecule has 15 heavy (non-hydrogen) atoms. The van der Waals surface area contributed by atoms with E-state index in [0.717, 1.165) is 0 Å². The number of ether oxygens (including phenoxy) is 3. The topological polar surface area (TPSA) is 87.8 Å². The fraction of sp³-hybridized carbons (Fsp3) is 0.556. The van der Waals surface area contributed by atoms with Crippen molar-refractivity contribution in [2.24, 2.45) is 5.73 Å². The first-order valence-corrected chi connectivity index (χ1v) is 4.46. The lowest BCUT2D eigenvalue weighted by Crippen LogP contribution is -2.40. The van der Waals surface area contributed by atoms with Crippen molar-refractivity contribution >= 4 is 12.1 Å². The van der Waals surface area contributed by atoms with Gasteiger partial charge in [0.25, 0.3) is 0 Å².